The first kappa shape index (κ1) is 11.4. The van der Waals surface area contributed by atoms with Gasteiger partial charge in [-0.1, -0.05) is 12.1 Å². The minimum atomic E-state index is -1.08. The molecule has 0 saturated heterocycles. The summed E-state index contributed by atoms with van der Waals surface area (Å²) in [7, 11) is 0. The highest BCUT2D eigenvalue weighted by Gasteiger charge is 2.19. The maximum absolute atomic E-state index is 12.8. The predicted octanol–water partition coefficient (Wildman–Crippen LogP) is 2.71. The zero-order valence-electron chi connectivity index (χ0n) is 7.91. The van der Waals surface area contributed by atoms with Crippen LogP contribution < -0.4 is 0 Å². The Balaban J connectivity index is 3.06. The van der Waals surface area contributed by atoms with Crippen molar-refractivity contribution in [3.05, 3.63) is 48.1 Å². The highest BCUT2D eigenvalue weighted by Crippen LogP contribution is 2.22. The Morgan fingerprint density at radius 2 is 2.13 bits per heavy atom. The molecular formula is C11H10F2O2. The molecule has 0 heterocycles. The molecule has 0 amide bonds. The van der Waals surface area contributed by atoms with Gasteiger partial charge in [0.1, 0.15) is 0 Å². The lowest BCUT2D eigenvalue weighted by Gasteiger charge is -2.10. The molecule has 15 heavy (non-hydrogen) atoms. The summed E-state index contributed by atoms with van der Waals surface area (Å²) in [6.07, 6.45) is 1.61. The molecule has 1 aromatic rings. The van der Waals surface area contributed by atoms with E-state index in [9.17, 15) is 13.6 Å². The van der Waals surface area contributed by atoms with Crippen molar-refractivity contribution < 1.29 is 18.7 Å². The second-order valence-electron chi connectivity index (χ2n) is 3.09. The number of halogens is 2. The summed E-state index contributed by atoms with van der Waals surface area (Å²) >= 11 is 0. The van der Waals surface area contributed by atoms with E-state index in [2.05, 4.69) is 6.58 Å². The lowest BCUT2D eigenvalue weighted by atomic mass is 9.96. The summed E-state index contributed by atoms with van der Waals surface area (Å²) < 4.78 is 25.5. The average Bonchev–Trinajstić information content (AvgIpc) is 2.18. The number of carboxylic acid groups (broad SMARTS) is 1. The molecule has 0 fully saturated rings. The Hall–Kier alpha value is -1.71. The van der Waals surface area contributed by atoms with Crippen molar-refractivity contribution in [1.29, 1.82) is 0 Å². The lowest BCUT2D eigenvalue weighted by Crippen LogP contribution is -2.11. The van der Waals surface area contributed by atoms with Gasteiger partial charge in [-0.15, -0.1) is 6.58 Å². The van der Waals surface area contributed by atoms with E-state index in [4.69, 9.17) is 5.11 Å². The fraction of sp³-hybridized carbons (Fsp3) is 0.182. The molecule has 80 valence electrons. The molecule has 0 radical (unpaired) electrons. The first-order chi connectivity index (χ1) is 7.06. The zero-order valence-corrected chi connectivity index (χ0v) is 7.91. The van der Waals surface area contributed by atoms with Crippen LogP contribution in [0.5, 0.6) is 0 Å². The molecule has 4 heteroatoms. The van der Waals surface area contributed by atoms with E-state index in [-0.39, 0.29) is 12.0 Å². The van der Waals surface area contributed by atoms with Gasteiger partial charge in [0.05, 0.1) is 5.92 Å². The second kappa shape index (κ2) is 4.68. The van der Waals surface area contributed by atoms with Crippen LogP contribution in [0.25, 0.3) is 0 Å². The van der Waals surface area contributed by atoms with E-state index in [0.717, 1.165) is 12.1 Å². The fourth-order valence-electron chi connectivity index (χ4n) is 1.28. The number of carboxylic acids is 1. The summed E-state index contributed by atoms with van der Waals surface area (Å²) in [5.41, 5.74) is 0.237. The quantitative estimate of drug-likeness (QED) is 0.779. The highest BCUT2D eigenvalue weighted by molar-refractivity contribution is 5.76. The topological polar surface area (TPSA) is 37.3 Å². The van der Waals surface area contributed by atoms with Gasteiger partial charge in [-0.2, -0.15) is 0 Å². The van der Waals surface area contributed by atoms with Crippen LogP contribution in [0.2, 0.25) is 0 Å². The van der Waals surface area contributed by atoms with Crippen LogP contribution in [0.4, 0.5) is 8.78 Å². The van der Waals surface area contributed by atoms with Crippen molar-refractivity contribution in [2.45, 2.75) is 12.3 Å². The summed E-state index contributed by atoms with van der Waals surface area (Å²) in [5.74, 6) is -3.98. The Morgan fingerprint density at radius 3 is 2.60 bits per heavy atom. The van der Waals surface area contributed by atoms with Gasteiger partial charge in [-0.05, 0) is 24.1 Å². The van der Waals surface area contributed by atoms with Crippen LogP contribution in [0.15, 0.2) is 30.9 Å². The Bertz CT molecular complexity index is 388. The summed E-state index contributed by atoms with van der Waals surface area (Å²) in [5, 5.41) is 8.85. The predicted molar refractivity (Wildman–Crippen MR) is 51.5 cm³/mol. The minimum Gasteiger partial charge on any atom is -0.481 e. The Labute approximate surface area is 85.9 Å². The Kier molecular flexibility index (Phi) is 3.55. The van der Waals surface area contributed by atoms with Gasteiger partial charge < -0.3 is 5.11 Å². The molecule has 1 aromatic carbocycles. The van der Waals surface area contributed by atoms with E-state index in [1.807, 2.05) is 0 Å². The van der Waals surface area contributed by atoms with Gasteiger partial charge in [-0.25, -0.2) is 8.78 Å². The van der Waals surface area contributed by atoms with E-state index < -0.39 is 23.5 Å². The van der Waals surface area contributed by atoms with Crippen molar-refractivity contribution in [3.8, 4) is 0 Å². The maximum atomic E-state index is 12.8. The maximum Gasteiger partial charge on any atom is 0.311 e. The van der Waals surface area contributed by atoms with Gasteiger partial charge in [-0.3, -0.25) is 4.79 Å². The SMILES string of the molecule is C=CCC(C(=O)O)c1ccc(F)c(F)c1. The second-order valence-corrected chi connectivity index (χ2v) is 3.09. The monoisotopic (exact) mass is 212 g/mol. The molecular weight excluding hydrogens is 202 g/mol. The summed E-state index contributed by atoms with van der Waals surface area (Å²) in [6.45, 7) is 3.42. The van der Waals surface area contributed by atoms with Gasteiger partial charge in [0.25, 0.3) is 0 Å². The van der Waals surface area contributed by atoms with Gasteiger partial charge >= 0.3 is 5.97 Å². The number of hydrogen-bond donors (Lipinski definition) is 1. The van der Waals surface area contributed by atoms with Crippen molar-refractivity contribution in [1.82, 2.24) is 0 Å². The largest absolute Gasteiger partial charge is 0.481 e. The van der Waals surface area contributed by atoms with Crippen LogP contribution >= 0.6 is 0 Å². The third-order valence-corrected chi connectivity index (χ3v) is 2.05. The van der Waals surface area contributed by atoms with Crippen molar-refractivity contribution >= 4 is 5.97 Å². The number of rotatable bonds is 4. The molecule has 0 spiro atoms. The number of hydrogen-bond acceptors (Lipinski definition) is 1. The molecule has 1 unspecified atom stereocenters. The third kappa shape index (κ3) is 2.62. The first-order valence-electron chi connectivity index (χ1n) is 4.35. The van der Waals surface area contributed by atoms with E-state index >= 15 is 0 Å². The van der Waals surface area contributed by atoms with Crippen LogP contribution in [-0.4, -0.2) is 11.1 Å². The molecule has 0 aliphatic rings. The number of allylic oxidation sites excluding steroid dienone is 1. The molecule has 0 aromatic heterocycles. The third-order valence-electron chi connectivity index (χ3n) is 2.05. The van der Waals surface area contributed by atoms with Crippen molar-refractivity contribution in [3.63, 3.8) is 0 Å². The van der Waals surface area contributed by atoms with E-state index in [1.54, 1.807) is 0 Å². The number of aliphatic carboxylic acids is 1. The average molecular weight is 212 g/mol. The lowest BCUT2D eigenvalue weighted by molar-refractivity contribution is -0.138. The molecule has 1 N–H and O–H groups in total. The number of carbonyl (C=O) groups is 1. The van der Waals surface area contributed by atoms with Crippen molar-refractivity contribution in [2.75, 3.05) is 0 Å². The molecule has 1 rings (SSSR count). The van der Waals surface area contributed by atoms with E-state index in [0.29, 0.717) is 0 Å². The van der Waals surface area contributed by atoms with Crippen LogP contribution in [0.3, 0.4) is 0 Å². The van der Waals surface area contributed by atoms with Gasteiger partial charge in [0.15, 0.2) is 11.6 Å². The fourth-order valence-corrected chi connectivity index (χ4v) is 1.28. The standard InChI is InChI=1S/C11H10F2O2/c1-2-3-8(11(14)15)7-4-5-9(12)10(13)6-7/h2,4-6,8H,1,3H2,(H,14,15). The molecule has 0 aliphatic heterocycles. The molecule has 0 bridgehead atoms. The first-order valence-corrected chi connectivity index (χ1v) is 4.35. The van der Waals surface area contributed by atoms with Crippen LogP contribution in [0, 0.1) is 11.6 Å². The van der Waals surface area contributed by atoms with Crippen LogP contribution in [0.1, 0.15) is 17.9 Å². The highest BCUT2D eigenvalue weighted by atomic mass is 19.2. The zero-order chi connectivity index (χ0) is 11.4. The van der Waals surface area contributed by atoms with Gasteiger partial charge in [0, 0.05) is 0 Å². The van der Waals surface area contributed by atoms with Gasteiger partial charge in [0.2, 0.25) is 0 Å². The smallest absolute Gasteiger partial charge is 0.311 e. The van der Waals surface area contributed by atoms with Crippen LogP contribution in [-0.2, 0) is 4.79 Å². The number of benzene rings is 1. The molecule has 0 saturated carbocycles. The molecule has 0 aliphatic carbocycles. The van der Waals surface area contributed by atoms with Crippen molar-refractivity contribution in [2.24, 2.45) is 0 Å². The normalized spacial score (nSPS) is 12.1. The summed E-state index contributed by atoms with van der Waals surface area (Å²) in [6, 6.07) is 3.09. The molecule has 2 nitrogen and oxygen atoms in total. The minimum absolute atomic E-state index is 0.181. The van der Waals surface area contributed by atoms with E-state index in [1.165, 1.54) is 12.1 Å². The summed E-state index contributed by atoms with van der Waals surface area (Å²) in [4.78, 5) is 10.8. The molecule has 1 atom stereocenters. The Morgan fingerprint density at radius 1 is 1.47 bits per heavy atom.